The Morgan fingerprint density at radius 3 is 2.67 bits per heavy atom. The minimum absolute atomic E-state index is 0.226. The number of Topliss-reactive ketones (excluding diaryl/α,β-unsaturated/α-hetero) is 1. The average Bonchev–Trinajstić information content (AvgIpc) is 2.89. The Hall–Kier alpha value is -2.33. The molecule has 2 aliphatic rings. The van der Waals surface area contributed by atoms with Crippen molar-refractivity contribution in [2.45, 2.75) is 5.54 Å². The molecular formula is C16H11ClN2O2. The maximum Gasteiger partial charge on any atom is 0.265 e. The Kier molecular flexibility index (Phi) is 2.28. The number of nitrogens with one attached hydrogen (secondary N) is 1. The highest BCUT2D eigenvalue weighted by Crippen LogP contribution is 2.48. The number of hydrogen-bond donors (Lipinski definition) is 1. The van der Waals surface area contributed by atoms with E-state index >= 15 is 0 Å². The molecule has 0 aliphatic carbocycles. The fraction of sp³-hybridized carbons (Fsp3) is 0.125. The lowest BCUT2D eigenvalue weighted by Gasteiger charge is -2.22. The van der Waals surface area contributed by atoms with Crippen LogP contribution in [-0.4, -0.2) is 18.7 Å². The van der Waals surface area contributed by atoms with Gasteiger partial charge in [-0.1, -0.05) is 23.7 Å². The highest BCUT2D eigenvalue weighted by atomic mass is 35.5. The number of nitrogens with zero attached hydrogens (tertiary/aromatic N) is 1. The first kappa shape index (κ1) is 12.4. The monoisotopic (exact) mass is 298 g/mol. The van der Waals surface area contributed by atoms with Crippen molar-refractivity contribution in [3.63, 3.8) is 0 Å². The van der Waals surface area contributed by atoms with Gasteiger partial charge in [-0.15, -0.1) is 0 Å². The normalized spacial score (nSPS) is 22.5. The molecule has 0 aromatic heterocycles. The molecule has 21 heavy (non-hydrogen) atoms. The zero-order valence-electron chi connectivity index (χ0n) is 11.2. The molecule has 2 heterocycles. The summed E-state index contributed by atoms with van der Waals surface area (Å²) in [5, 5.41) is 3.63. The Balaban J connectivity index is 2.01. The Labute approximate surface area is 126 Å². The van der Waals surface area contributed by atoms with Crippen molar-refractivity contribution in [3.05, 3.63) is 58.6 Å². The molecule has 2 aromatic carbocycles. The van der Waals surface area contributed by atoms with Crippen molar-refractivity contribution in [3.8, 4) is 0 Å². The largest absolute Gasteiger partial charge is 0.361 e. The average molecular weight is 299 g/mol. The second kappa shape index (κ2) is 3.86. The number of rotatable bonds is 0. The third kappa shape index (κ3) is 1.35. The molecule has 2 aliphatic heterocycles. The van der Waals surface area contributed by atoms with Crippen molar-refractivity contribution in [2.75, 3.05) is 17.3 Å². The SMILES string of the molecule is CN1C(=O)[C@@]2(Nc3ccccc3C2=O)c2cc(Cl)ccc21. The molecule has 0 bridgehead atoms. The van der Waals surface area contributed by atoms with E-state index in [1.54, 1.807) is 43.4 Å². The predicted molar refractivity (Wildman–Crippen MR) is 80.9 cm³/mol. The minimum atomic E-state index is -1.38. The van der Waals surface area contributed by atoms with Crippen LogP contribution >= 0.6 is 11.6 Å². The molecule has 1 atom stereocenters. The summed E-state index contributed by atoms with van der Waals surface area (Å²) < 4.78 is 0. The number of halogens is 1. The van der Waals surface area contributed by atoms with Gasteiger partial charge >= 0.3 is 0 Å². The van der Waals surface area contributed by atoms with Crippen molar-refractivity contribution < 1.29 is 9.59 Å². The number of carbonyl (C=O) groups is 2. The standard InChI is InChI=1S/C16H11ClN2O2/c1-19-13-7-6-9(17)8-11(13)16(15(19)21)14(20)10-4-2-3-5-12(10)18-16/h2-8,18H,1H3/t16-/m1/s1. The Morgan fingerprint density at radius 1 is 1.14 bits per heavy atom. The van der Waals surface area contributed by atoms with Gasteiger partial charge in [0, 0.05) is 28.9 Å². The van der Waals surface area contributed by atoms with Crippen molar-refractivity contribution in [1.29, 1.82) is 0 Å². The van der Waals surface area contributed by atoms with Crippen LogP contribution in [0.4, 0.5) is 11.4 Å². The smallest absolute Gasteiger partial charge is 0.265 e. The van der Waals surface area contributed by atoms with Crippen LogP contribution in [0.15, 0.2) is 42.5 Å². The van der Waals surface area contributed by atoms with E-state index in [0.29, 0.717) is 27.5 Å². The zero-order valence-corrected chi connectivity index (χ0v) is 11.9. The van der Waals surface area contributed by atoms with Gasteiger partial charge in [0.15, 0.2) is 0 Å². The van der Waals surface area contributed by atoms with Crippen LogP contribution in [0.1, 0.15) is 15.9 Å². The van der Waals surface area contributed by atoms with Crippen molar-refractivity contribution >= 4 is 34.7 Å². The van der Waals surface area contributed by atoms with E-state index in [-0.39, 0.29) is 11.7 Å². The molecular weight excluding hydrogens is 288 g/mol. The van der Waals surface area contributed by atoms with Gasteiger partial charge < -0.3 is 10.2 Å². The molecule has 1 spiro atoms. The van der Waals surface area contributed by atoms with Gasteiger partial charge in [0.2, 0.25) is 11.3 Å². The molecule has 4 nitrogen and oxygen atoms in total. The Morgan fingerprint density at radius 2 is 1.90 bits per heavy atom. The van der Waals surface area contributed by atoms with Crippen LogP contribution in [-0.2, 0) is 10.3 Å². The predicted octanol–water partition coefficient (Wildman–Crippen LogP) is 2.82. The number of carbonyl (C=O) groups excluding carboxylic acids is 2. The fourth-order valence-electron chi connectivity index (χ4n) is 3.17. The molecule has 2 aromatic rings. The third-order valence-corrected chi connectivity index (χ3v) is 4.42. The van der Waals surface area contributed by atoms with Gasteiger partial charge in [0.1, 0.15) is 0 Å². The summed E-state index contributed by atoms with van der Waals surface area (Å²) in [5.74, 6) is -0.503. The molecule has 1 N–H and O–H groups in total. The van der Waals surface area contributed by atoms with Crippen LogP contribution in [0.25, 0.3) is 0 Å². The molecule has 104 valence electrons. The molecule has 0 radical (unpaired) electrons. The maximum absolute atomic E-state index is 12.9. The fourth-order valence-corrected chi connectivity index (χ4v) is 3.34. The van der Waals surface area contributed by atoms with Gasteiger partial charge in [-0.25, -0.2) is 0 Å². The summed E-state index contributed by atoms with van der Waals surface area (Å²) in [6.07, 6.45) is 0. The lowest BCUT2D eigenvalue weighted by Crippen LogP contribution is -2.47. The quantitative estimate of drug-likeness (QED) is 0.761. The number of amides is 1. The van der Waals surface area contributed by atoms with E-state index in [0.717, 1.165) is 0 Å². The number of anilines is 2. The van der Waals surface area contributed by atoms with Crippen molar-refractivity contribution in [1.82, 2.24) is 0 Å². The van der Waals surface area contributed by atoms with Gasteiger partial charge in [-0.05, 0) is 30.3 Å². The second-order valence-corrected chi connectivity index (χ2v) is 5.71. The van der Waals surface area contributed by atoms with E-state index in [2.05, 4.69) is 5.32 Å². The summed E-state index contributed by atoms with van der Waals surface area (Å²) in [6.45, 7) is 0. The summed E-state index contributed by atoms with van der Waals surface area (Å²) in [7, 11) is 1.67. The molecule has 0 saturated carbocycles. The molecule has 5 heteroatoms. The van der Waals surface area contributed by atoms with Crippen LogP contribution < -0.4 is 10.2 Å². The summed E-state index contributed by atoms with van der Waals surface area (Å²) in [5.41, 5.74) is 1.16. The molecule has 1 amide bonds. The number of ketones is 1. The van der Waals surface area contributed by atoms with Crippen LogP contribution in [0.3, 0.4) is 0 Å². The number of benzene rings is 2. The minimum Gasteiger partial charge on any atom is -0.361 e. The van der Waals surface area contributed by atoms with Gasteiger partial charge in [-0.3, -0.25) is 9.59 Å². The molecule has 0 unspecified atom stereocenters. The molecule has 0 saturated heterocycles. The van der Waals surface area contributed by atoms with Gasteiger partial charge in [-0.2, -0.15) is 0 Å². The first-order chi connectivity index (χ1) is 10.1. The van der Waals surface area contributed by atoms with E-state index < -0.39 is 5.54 Å². The van der Waals surface area contributed by atoms with Crippen LogP contribution in [0.2, 0.25) is 5.02 Å². The summed E-state index contributed by atoms with van der Waals surface area (Å²) >= 11 is 6.07. The van der Waals surface area contributed by atoms with E-state index in [1.165, 1.54) is 4.90 Å². The van der Waals surface area contributed by atoms with Crippen LogP contribution in [0, 0.1) is 0 Å². The Bertz CT molecular complexity index is 818. The summed E-state index contributed by atoms with van der Waals surface area (Å²) in [6, 6.07) is 12.3. The first-order valence-electron chi connectivity index (χ1n) is 6.56. The first-order valence-corrected chi connectivity index (χ1v) is 6.94. The van der Waals surface area contributed by atoms with Gasteiger partial charge in [0.25, 0.3) is 5.91 Å². The summed E-state index contributed by atoms with van der Waals surface area (Å²) in [4.78, 5) is 27.2. The highest BCUT2D eigenvalue weighted by molar-refractivity contribution is 6.34. The topological polar surface area (TPSA) is 49.4 Å². The highest BCUT2D eigenvalue weighted by Gasteiger charge is 2.59. The van der Waals surface area contributed by atoms with Crippen LogP contribution in [0.5, 0.6) is 0 Å². The maximum atomic E-state index is 12.9. The van der Waals surface area contributed by atoms with E-state index in [4.69, 9.17) is 11.6 Å². The van der Waals surface area contributed by atoms with E-state index in [1.807, 2.05) is 6.07 Å². The number of fused-ring (bicyclic) bond motifs is 3. The number of para-hydroxylation sites is 1. The van der Waals surface area contributed by atoms with Crippen molar-refractivity contribution in [2.24, 2.45) is 0 Å². The van der Waals surface area contributed by atoms with Gasteiger partial charge in [0.05, 0.1) is 5.69 Å². The molecule has 0 fully saturated rings. The zero-order chi connectivity index (χ0) is 14.8. The second-order valence-electron chi connectivity index (χ2n) is 5.28. The number of hydrogen-bond acceptors (Lipinski definition) is 3. The lowest BCUT2D eigenvalue weighted by molar-refractivity contribution is -0.120. The lowest BCUT2D eigenvalue weighted by atomic mass is 9.87. The molecule has 4 rings (SSSR count). The third-order valence-electron chi connectivity index (χ3n) is 4.18. The number of likely N-dealkylation sites (N-methyl/N-ethyl adjacent to an activating group) is 1. The van der Waals surface area contributed by atoms with E-state index in [9.17, 15) is 9.59 Å².